The Hall–Kier alpha value is -1.85. The zero-order valence-corrected chi connectivity index (χ0v) is 18.8. The van der Waals surface area contributed by atoms with Crippen LogP contribution in [0.25, 0.3) is 6.08 Å². The maximum absolute atomic E-state index is 13.2. The van der Waals surface area contributed by atoms with Gasteiger partial charge in [0.05, 0.1) is 0 Å². The van der Waals surface area contributed by atoms with Crippen LogP contribution in [-0.4, -0.2) is 61.5 Å². The Morgan fingerprint density at radius 2 is 1.67 bits per heavy atom. The van der Waals surface area contributed by atoms with Crippen molar-refractivity contribution in [3.8, 4) is 0 Å². The van der Waals surface area contributed by atoms with E-state index in [1.54, 1.807) is 0 Å². The lowest BCUT2D eigenvalue weighted by Gasteiger charge is -2.34. The summed E-state index contributed by atoms with van der Waals surface area (Å²) < 4.78 is 0. The van der Waals surface area contributed by atoms with E-state index in [4.69, 9.17) is 0 Å². The molecule has 2 heterocycles. The Bertz CT molecular complexity index is 814. The quantitative estimate of drug-likeness (QED) is 0.749. The topological polar surface area (TPSA) is 35.6 Å². The van der Waals surface area contributed by atoms with Crippen LogP contribution < -0.4 is 5.32 Å². The molecule has 2 aliphatic rings. The smallest absolute Gasteiger partial charge is 0.254 e. The van der Waals surface area contributed by atoms with E-state index in [1.165, 1.54) is 11.1 Å². The molecular weight excluding hydrogens is 417 g/mol. The average molecular weight is 448 g/mol. The number of carbonyl (C=O) groups is 1. The van der Waals surface area contributed by atoms with Gasteiger partial charge in [-0.2, -0.15) is 0 Å². The van der Waals surface area contributed by atoms with E-state index >= 15 is 0 Å². The third-order valence-corrected chi connectivity index (χ3v) is 5.82. The number of piperazine rings is 1. The van der Waals surface area contributed by atoms with Crippen LogP contribution in [0.1, 0.15) is 33.8 Å². The molecule has 0 radical (unpaired) electrons. The molecule has 4 rings (SSSR count). The molecule has 0 spiro atoms. The van der Waals surface area contributed by atoms with E-state index in [1.807, 2.05) is 23.1 Å². The van der Waals surface area contributed by atoms with Crippen molar-refractivity contribution >= 4 is 36.8 Å². The lowest BCUT2D eigenvalue weighted by atomic mass is 9.93. The molecule has 0 aliphatic carbocycles. The summed E-state index contributed by atoms with van der Waals surface area (Å²) in [7, 11) is 0. The zero-order chi connectivity index (χ0) is 19.2. The first-order chi connectivity index (χ1) is 13.8. The number of hydrogen-bond donors (Lipinski definition) is 1. The van der Waals surface area contributed by atoms with Crippen molar-refractivity contribution < 1.29 is 4.79 Å². The first-order valence-electron chi connectivity index (χ1n) is 10.3. The van der Waals surface area contributed by atoms with Crippen molar-refractivity contribution in [2.45, 2.75) is 12.3 Å². The van der Waals surface area contributed by atoms with Crippen LogP contribution in [0.4, 0.5) is 0 Å². The van der Waals surface area contributed by atoms with E-state index in [9.17, 15) is 4.79 Å². The zero-order valence-electron chi connectivity index (χ0n) is 17.2. The number of nitrogens with one attached hydrogen (secondary N) is 1. The molecule has 6 heteroatoms. The molecule has 0 bridgehead atoms. The van der Waals surface area contributed by atoms with Crippen molar-refractivity contribution in [2.75, 3.05) is 45.8 Å². The number of hydrogen-bond acceptors (Lipinski definition) is 3. The molecule has 1 amide bonds. The highest BCUT2D eigenvalue weighted by Crippen LogP contribution is 2.26. The Balaban J connectivity index is 0.00000160. The number of halogens is 2. The van der Waals surface area contributed by atoms with Gasteiger partial charge in [-0.1, -0.05) is 60.7 Å². The maximum atomic E-state index is 13.2. The average Bonchev–Trinajstić information content (AvgIpc) is 3.29. The predicted octanol–water partition coefficient (Wildman–Crippen LogP) is 4.08. The van der Waals surface area contributed by atoms with Crippen LogP contribution in [0.5, 0.6) is 0 Å². The van der Waals surface area contributed by atoms with E-state index in [0.29, 0.717) is 5.92 Å². The molecule has 0 saturated carbocycles. The minimum atomic E-state index is 0. The van der Waals surface area contributed by atoms with E-state index in [-0.39, 0.29) is 30.7 Å². The van der Waals surface area contributed by atoms with Gasteiger partial charge < -0.3 is 10.2 Å². The molecule has 2 fully saturated rings. The molecule has 0 aromatic heterocycles. The molecule has 1 atom stereocenters. The summed E-state index contributed by atoms with van der Waals surface area (Å²) >= 11 is 0. The van der Waals surface area contributed by atoms with Gasteiger partial charge in [0.25, 0.3) is 5.91 Å². The highest BCUT2D eigenvalue weighted by molar-refractivity contribution is 5.96. The van der Waals surface area contributed by atoms with Crippen LogP contribution in [0, 0.1) is 0 Å². The second kappa shape index (κ2) is 12.1. The fourth-order valence-corrected chi connectivity index (χ4v) is 4.17. The van der Waals surface area contributed by atoms with Gasteiger partial charge in [0, 0.05) is 44.8 Å². The Kier molecular flexibility index (Phi) is 9.86. The Morgan fingerprint density at radius 3 is 2.37 bits per heavy atom. The molecule has 30 heavy (non-hydrogen) atoms. The van der Waals surface area contributed by atoms with Gasteiger partial charge in [0.1, 0.15) is 0 Å². The summed E-state index contributed by atoms with van der Waals surface area (Å²) in [5.74, 6) is 0.659. The Morgan fingerprint density at radius 1 is 0.967 bits per heavy atom. The van der Waals surface area contributed by atoms with E-state index in [2.05, 4.69) is 58.8 Å². The van der Waals surface area contributed by atoms with E-state index in [0.717, 1.165) is 57.8 Å². The highest BCUT2D eigenvalue weighted by atomic mass is 35.5. The van der Waals surface area contributed by atoms with Crippen LogP contribution >= 0.6 is 24.8 Å². The van der Waals surface area contributed by atoms with Crippen molar-refractivity contribution in [3.05, 3.63) is 77.4 Å². The molecule has 2 aromatic carbocycles. The van der Waals surface area contributed by atoms with Gasteiger partial charge in [-0.3, -0.25) is 9.69 Å². The number of carbonyl (C=O) groups excluding carboxylic acids is 1. The molecule has 2 saturated heterocycles. The minimum absolute atomic E-state index is 0. The molecule has 2 aromatic rings. The summed E-state index contributed by atoms with van der Waals surface area (Å²) in [6.07, 6.45) is 5.50. The molecule has 4 nitrogen and oxygen atoms in total. The van der Waals surface area contributed by atoms with Gasteiger partial charge in [0.15, 0.2) is 0 Å². The number of amides is 1. The lowest BCUT2D eigenvalue weighted by molar-refractivity contribution is 0.0649. The molecule has 2 aliphatic heterocycles. The molecular formula is C24H31Cl2N3O. The van der Waals surface area contributed by atoms with Gasteiger partial charge >= 0.3 is 0 Å². The normalized spacial score (nSPS) is 19.3. The number of benzene rings is 2. The van der Waals surface area contributed by atoms with Crippen molar-refractivity contribution in [1.82, 2.24) is 15.1 Å². The van der Waals surface area contributed by atoms with Crippen molar-refractivity contribution in [3.63, 3.8) is 0 Å². The van der Waals surface area contributed by atoms with Crippen molar-refractivity contribution in [1.29, 1.82) is 0 Å². The van der Waals surface area contributed by atoms with Crippen molar-refractivity contribution in [2.24, 2.45) is 0 Å². The van der Waals surface area contributed by atoms with Crippen LogP contribution in [-0.2, 0) is 0 Å². The fraction of sp³-hybridized carbons (Fsp3) is 0.375. The predicted molar refractivity (Wildman–Crippen MR) is 129 cm³/mol. The van der Waals surface area contributed by atoms with Gasteiger partial charge in [0.2, 0.25) is 0 Å². The highest BCUT2D eigenvalue weighted by Gasteiger charge is 2.26. The summed E-state index contributed by atoms with van der Waals surface area (Å²) in [4.78, 5) is 17.6. The minimum Gasteiger partial charge on any atom is -0.336 e. The second-order valence-corrected chi connectivity index (χ2v) is 7.68. The van der Waals surface area contributed by atoms with Crippen LogP contribution in [0.2, 0.25) is 0 Å². The summed E-state index contributed by atoms with van der Waals surface area (Å²) in [6, 6.07) is 18.6. The standard InChI is InChI=1S/C24H29N3O.2ClH/c28-24(23-11-5-4-10-22(23)21-12-13-25-19-21)27-17-15-26(16-18-27)14-6-9-20-7-2-1-3-8-20;;/h1-11,21,25H,12-19H2;2*1H. The first-order valence-corrected chi connectivity index (χ1v) is 10.3. The third kappa shape index (κ3) is 6.08. The first kappa shape index (κ1) is 24.4. The van der Waals surface area contributed by atoms with E-state index < -0.39 is 0 Å². The molecule has 1 N–H and O–H groups in total. The largest absolute Gasteiger partial charge is 0.336 e. The van der Waals surface area contributed by atoms with Gasteiger partial charge in [-0.15, -0.1) is 24.8 Å². The Labute approximate surface area is 192 Å². The van der Waals surface area contributed by atoms with Gasteiger partial charge in [-0.05, 0) is 36.1 Å². The van der Waals surface area contributed by atoms with Crippen LogP contribution in [0.3, 0.4) is 0 Å². The SMILES string of the molecule is Cl.Cl.O=C(c1ccccc1C1CCNC1)N1CCN(CC=Cc2ccccc2)CC1. The number of rotatable bonds is 5. The lowest BCUT2D eigenvalue weighted by Crippen LogP contribution is -2.48. The molecule has 162 valence electrons. The van der Waals surface area contributed by atoms with Gasteiger partial charge in [-0.25, -0.2) is 0 Å². The van der Waals surface area contributed by atoms with Crippen LogP contribution in [0.15, 0.2) is 60.7 Å². The maximum Gasteiger partial charge on any atom is 0.254 e. The number of nitrogens with zero attached hydrogens (tertiary/aromatic N) is 2. The second-order valence-electron chi connectivity index (χ2n) is 7.68. The fourth-order valence-electron chi connectivity index (χ4n) is 4.17. The summed E-state index contributed by atoms with van der Waals surface area (Å²) in [5.41, 5.74) is 3.34. The summed E-state index contributed by atoms with van der Waals surface area (Å²) in [6.45, 7) is 6.41. The molecule has 1 unspecified atom stereocenters. The third-order valence-electron chi connectivity index (χ3n) is 5.82. The monoisotopic (exact) mass is 447 g/mol. The summed E-state index contributed by atoms with van der Waals surface area (Å²) in [5, 5.41) is 3.42.